The molecule has 0 saturated heterocycles. The van der Waals surface area contributed by atoms with Gasteiger partial charge in [0, 0.05) is 22.3 Å². The maximum Gasteiger partial charge on any atom is 0.0494 e. The number of benzene rings is 3. The Bertz CT molecular complexity index is 703. The van der Waals surface area contributed by atoms with Crippen molar-refractivity contribution < 1.29 is 0 Å². The molecule has 0 amide bonds. The predicted molar refractivity (Wildman–Crippen MR) is 78.2 cm³/mol. The van der Waals surface area contributed by atoms with Crippen LogP contribution in [0.25, 0.3) is 21.9 Å². The summed E-state index contributed by atoms with van der Waals surface area (Å²) in [5.74, 6) is 0. The van der Waals surface area contributed by atoms with Gasteiger partial charge in [0.25, 0.3) is 0 Å². The van der Waals surface area contributed by atoms with E-state index in [1.54, 1.807) is 0 Å². The normalized spacial score (nSPS) is 10.7. The molecule has 0 heterocycles. The van der Waals surface area contributed by atoms with Crippen LogP contribution in [0, 0.1) is 0 Å². The molecular formula is C16H14N2. The smallest absolute Gasteiger partial charge is 0.0494 e. The highest BCUT2D eigenvalue weighted by atomic mass is 14.6. The summed E-state index contributed by atoms with van der Waals surface area (Å²) >= 11 is 0. The summed E-state index contributed by atoms with van der Waals surface area (Å²) < 4.78 is 0. The van der Waals surface area contributed by atoms with Crippen LogP contribution in [0.15, 0.2) is 60.7 Å². The number of fused-ring (bicyclic) bond motifs is 1. The zero-order valence-electron chi connectivity index (χ0n) is 9.93. The lowest BCUT2D eigenvalue weighted by molar-refractivity contribution is 1.63. The second kappa shape index (κ2) is 4.08. The first-order chi connectivity index (χ1) is 8.77. The number of hydrogen-bond acceptors (Lipinski definition) is 2. The molecule has 3 aromatic rings. The first-order valence-corrected chi connectivity index (χ1v) is 5.89. The molecule has 0 atom stereocenters. The van der Waals surface area contributed by atoms with Crippen molar-refractivity contribution >= 4 is 22.1 Å². The van der Waals surface area contributed by atoms with Crippen LogP contribution < -0.4 is 11.5 Å². The maximum atomic E-state index is 6.27. The fraction of sp³-hybridized carbons (Fsp3) is 0. The summed E-state index contributed by atoms with van der Waals surface area (Å²) in [6, 6.07) is 20.0. The summed E-state index contributed by atoms with van der Waals surface area (Å²) in [5.41, 5.74) is 15.9. The van der Waals surface area contributed by atoms with Crippen LogP contribution in [-0.2, 0) is 0 Å². The minimum atomic E-state index is 0.720. The van der Waals surface area contributed by atoms with Crippen LogP contribution in [0.1, 0.15) is 0 Å². The third-order valence-electron chi connectivity index (χ3n) is 3.18. The summed E-state index contributed by atoms with van der Waals surface area (Å²) in [5, 5.41) is 2.12. The van der Waals surface area contributed by atoms with Gasteiger partial charge >= 0.3 is 0 Å². The molecular weight excluding hydrogens is 220 g/mol. The Morgan fingerprint density at radius 1 is 0.722 bits per heavy atom. The van der Waals surface area contributed by atoms with E-state index < -0.39 is 0 Å². The van der Waals surface area contributed by atoms with E-state index in [0.29, 0.717) is 0 Å². The van der Waals surface area contributed by atoms with Crippen LogP contribution in [0.5, 0.6) is 0 Å². The Hall–Kier alpha value is -2.48. The Morgan fingerprint density at radius 3 is 2.17 bits per heavy atom. The van der Waals surface area contributed by atoms with Crippen LogP contribution in [-0.4, -0.2) is 0 Å². The molecule has 0 bridgehead atoms. The van der Waals surface area contributed by atoms with Gasteiger partial charge in [0.1, 0.15) is 0 Å². The molecule has 0 spiro atoms. The second-order valence-electron chi connectivity index (χ2n) is 4.34. The zero-order chi connectivity index (χ0) is 12.5. The monoisotopic (exact) mass is 234 g/mol. The average Bonchev–Trinajstić information content (AvgIpc) is 2.40. The van der Waals surface area contributed by atoms with Gasteiger partial charge < -0.3 is 11.5 Å². The molecule has 0 unspecified atom stereocenters. The first kappa shape index (κ1) is 10.7. The van der Waals surface area contributed by atoms with Gasteiger partial charge in [-0.2, -0.15) is 0 Å². The quantitative estimate of drug-likeness (QED) is 0.631. The van der Waals surface area contributed by atoms with E-state index in [1.807, 2.05) is 60.7 Å². The fourth-order valence-corrected chi connectivity index (χ4v) is 2.33. The van der Waals surface area contributed by atoms with Gasteiger partial charge in [-0.15, -0.1) is 0 Å². The molecule has 0 radical (unpaired) electrons. The van der Waals surface area contributed by atoms with Crippen LogP contribution in [0.2, 0.25) is 0 Å². The molecule has 0 aliphatic heterocycles. The molecule has 3 rings (SSSR count). The van der Waals surface area contributed by atoms with Crippen LogP contribution in [0.4, 0.5) is 11.4 Å². The van der Waals surface area contributed by atoms with Crippen molar-refractivity contribution in [3.63, 3.8) is 0 Å². The molecule has 0 aromatic heterocycles. The van der Waals surface area contributed by atoms with E-state index in [0.717, 1.165) is 33.3 Å². The molecule has 0 fully saturated rings. The highest BCUT2D eigenvalue weighted by Crippen LogP contribution is 2.37. The van der Waals surface area contributed by atoms with E-state index in [4.69, 9.17) is 11.5 Å². The number of anilines is 2. The van der Waals surface area contributed by atoms with Gasteiger partial charge in [-0.3, -0.25) is 0 Å². The van der Waals surface area contributed by atoms with Crippen molar-refractivity contribution in [2.24, 2.45) is 0 Å². The number of nitrogens with two attached hydrogens (primary N) is 2. The van der Waals surface area contributed by atoms with Gasteiger partial charge in [-0.1, -0.05) is 54.6 Å². The largest absolute Gasteiger partial charge is 0.398 e. The minimum absolute atomic E-state index is 0.720. The summed E-state index contributed by atoms with van der Waals surface area (Å²) in [7, 11) is 0. The Balaban J connectivity index is 2.37. The first-order valence-electron chi connectivity index (χ1n) is 5.89. The fourth-order valence-electron chi connectivity index (χ4n) is 2.33. The topological polar surface area (TPSA) is 52.0 Å². The zero-order valence-corrected chi connectivity index (χ0v) is 9.93. The third-order valence-corrected chi connectivity index (χ3v) is 3.18. The van der Waals surface area contributed by atoms with Crippen molar-refractivity contribution in [1.82, 2.24) is 0 Å². The molecule has 0 saturated carbocycles. The SMILES string of the molecule is Nc1cc2ccccc2c(N)c1-c1ccccc1. The molecule has 4 N–H and O–H groups in total. The van der Waals surface area contributed by atoms with Crippen molar-refractivity contribution in [1.29, 1.82) is 0 Å². The standard InChI is InChI=1S/C16H14N2/c17-14-10-12-8-4-5-9-13(12)16(18)15(14)11-6-2-1-3-7-11/h1-10H,17-18H2. The highest BCUT2D eigenvalue weighted by Gasteiger charge is 2.10. The molecule has 88 valence electrons. The lowest BCUT2D eigenvalue weighted by Gasteiger charge is -2.12. The predicted octanol–water partition coefficient (Wildman–Crippen LogP) is 3.67. The van der Waals surface area contributed by atoms with Gasteiger partial charge in [-0.05, 0) is 17.0 Å². The number of nitrogen functional groups attached to an aromatic ring is 2. The van der Waals surface area contributed by atoms with E-state index in [-0.39, 0.29) is 0 Å². The molecule has 0 aliphatic rings. The average molecular weight is 234 g/mol. The minimum Gasteiger partial charge on any atom is -0.398 e. The van der Waals surface area contributed by atoms with Crippen molar-refractivity contribution in [3.05, 3.63) is 60.7 Å². The molecule has 3 aromatic carbocycles. The molecule has 18 heavy (non-hydrogen) atoms. The molecule has 2 heteroatoms. The van der Waals surface area contributed by atoms with Crippen molar-refractivity contribution in [2.75, 3.05) is 11.5 Å². The summed E-state index contributed by atoms with van der Waals surface area (Å²) in [6.07, 6.45) is 0. The Morgan fingerprint density at radius 2 is 1.39 bits per heavy atom. The lowest BCUT2D eigenvalue weighted by atomic mass is 9.97. The Labute approximate surface area is 106 Å². The van der Waals surface area contributed by atoms with Crippen molar-refractivity contribution in [2.45, 2.75) is 0 Å². The van der Waals surface area contributed by atoms with E-state index in [9.17, 15) is 0 Å². The van der Waals surface area contributed by atoms with Gasteiger partial charge in [0.05, 0.1) is 0 Å². The second-order valence-corrected chi connectivity index (χ2v) is 4.34. The highest BCUT2D eigenvalue weighted by molar-refractivity contribution is 6.05. The van der Waals surface area contributed by atoms with E-state index in [2.05, 4.69) is 0 Å². The van der Waals surface area contributed by atoms with Gasteiger partial charge in [-0.25, -0.2) is 0 Å². The Kier molecular flexibility index (Phi) is 2.41. The molecule has 0 aliphatic carbocycles. The maximum absolute atomic E-state index is 6.27. The third kappa shape index (κ3) is 1.59. The van der Waals surface area contributed by atoms with Gasteiger partial charge in [0.15, 0.2) is 0 Å². The van der Waals surface area contributed by atoms with Crippen LogP contribution in [0.3, 0.4) is 0 Å². The summed E-state index contributed by atoms with van der Waals surface area (Å²) in [4.78, 5) is 0. The van der Waals surface area contributed by atoms with E-state index in [1.165, 1.54) is 0 Å². The van der Waals surface area contributed by atoms with Gasteiger partial charge in [0.2, 0.25) is 0 Å². The number of hydrogen-bond donors (Lipinski definition) is 2. The summed E-state index contributed by atoms with van der Waals surface area (Å²) in [6.45, 7) is 0. The van der Waals surface area contributed by atoms with E-state index >= 15 is 0 Å². The van der Waals surface area contributed by atoms with Crippen LogP contribution >= 0.6 is 0 Å². The molecule has 2 nitrogen and oxygen atoms in total. The number of rotatable bonds is 1. The lowest BCUT2D eigenvalue weighted by Crippen LogP contribution is -1.97. The van der Waals surface area contributed by atoms with Crippen molar-refractivity contribution in [3.8, 4) is 11.1 Å².